The second kappa shape index (κ2) is 7.61. The maximum Gasteiger partial charge on any atom is 0.285 e. The number of carbonyl (C=O) groups excluding carboxylic acids is 2. The van der Waals surface area contributed by atoms with Crippen LogP contribution in [0.4, 0.5) is 0 Å². The van der Waals surface area contributed by atoms with E-state index in [1.54, 1.807) is 0 Å². The third kappa shape index (κ3) is 3.58. The zero-order chi connectivity index (χ0) is 19.7. The second-order valence-electron chi connectivity index (χ2n) is 6.43. The van der Waals surface area contributed by atoms with Crippen LogP contribution >= 0.6 is 24.0 Å². The van der Waals surface area contributed by atoms with Crippen LogP contribution in [0.1, 0.15) is 11.1 Å². The first-order chi connectivity index (χ1) is 13.5. The van der Waals surface area contributed by atoms with E-state index in [2.05, 4.69) is 5.43 Å². The van der Waals surface area contributed by atoms with Gasteiger partial charge in [-0.15, -0.1) is 0 Å². The molecule has 1 aromatic heterocycles. The fraction of sp³-hybridized carbons (Fsp3) is 0.0952. The predicted molar refractivity (Wildman–Crippen MR) is 116 cm³/mol. The van der Waals surface area contributed by atoms with Crippen molar-refractivity contribution in [1.82, 2.24) is 15.0 Å². The third-order valence-electron chi connectivity index (χ3n) is 4.45. The smallest absolute Gasteiger partial charge is 0.285 e. The van der Waals surface area contributed by atoms with Gasteiger partial charge in [-0.2, -0.15) is 5.01 Å². The summed E-state index contributed by atoms with van der Waals surface area (Å²) in [7, 11) is 1.97. The van der Waals surface area contributed by atoms with Crippen molar-refractivity contribution in [3.05, 3.63) is 76.8 Å². The van der Waals surface area contributed by atoms with Crippen LogP contribution in [0.2, 0.25) is 0 Å². The minimum absolute atomic E-state index is 0.181. The van der Waals surface area contributed by atoms with E-state index in [-0.39, 0.29) is 18.2 Å². The molecule has 0 aliphatic carbocycles. The molecule has 28 heavy (non-hydrogen) atoms. The van der Waals surface area contributed by atoms with Crippen molar-refractivity contribution < 1.29 is 9.59 Å². The van der Waals surface area contributed by atoms with Crippen molar-refractivity contribution in [1.29, 1.82) is 0 Å². The van der Waals surface area contributed by atoms with Gasteiger partial charge in [-0.25, -0.2) is 0 Å². The fourth-order valence-electron chi connectivity index (χ4n) is 3.14. The number of hydrazine groups is 1. The number of aromatic nitrogens is 1. The Bertz CT molecular complexity index is 1120. The lowest BCUT2D eigenvalue weighted by Crippen LogP contribution is -2.45. The summed E-state index contributed by atoms with van der Waals surface area (Å²) in [5.74, 6) is -0.599. The molecule has 0 bridgehead atoms. The number of thioether (sulfide) groups is 1. The maximum atomic E-state index is 12.8. The normalized spacial score (nSPS) is 15.6. The first-order valence-corrected chi connectivity index (χ1v) is 9.91. The summed E-state index contributed by atoms with van der Waals surface area (Å²) in [6, 6.07) is 17.4. The van der Waals surface area contributed by atoms with Crippen molar-refractivity contribution in [2.75, 3.05) is 0 Å². The maximum absolute atomic E-state index is 12.8. The van der Waals surface area contributed by atoms with Gasteiger partial charge in [-0.3, -0.25) is 15.0 Å². The molecule has 1 fully saturated rings. The van der Waals surface area contributed by atoms with Crippen molar-refractivity contribution in [2.45, 2.75) is 6.42 Å². The standard InChI is InChI=1S/C21H17N3O2S2/c1-23-13-15(16-9-5-6-10-17(16)23)12-18-20(26)24(21(27)28-18)22-19(25)11-14-7-3-2-4-8-14/h2-10,12-13H,11H2,1H3,(H,22,25). The minimum Gasteiger partial charge on any atom is -0.350 e. The zero-order valence-electron chi connectivity index (χ0n) is 15.1. The summed E-state index contributed by atoms with van der Waals surface area (Å²) in [6.45, 7) is 0. The van der Waals surface area contributed by atoms with Gasteiger partial charge in [0.05, 0.1) is 11.3 Å². The van der Waals surface area contributed by atoms with Crippen LogP contribution in [-0.4, -0.2) is 25.7 Å². The van der Waals surface area contributed by atoms with E-state index in [4.69, 9.17) is 12.2 Å². The Morgan fingerprint density at radius 1 is 1.14 bits per heavy atom. The average molecular weight is 408 g/mol. The third-order valence-corrected chi connectivity index (χ3v) is 5.75. The molecule has 1 saturated heterocycles. The first-order valence-electron chi connectivity index (χ1n) is 8.68. The molecule has 0 atom stereocenters. The number of nitrogens with one attached hydrogen (secondary N) is 1. The highest BCUT2D eigenvalue weighted by atomic mass is 32.2. The number of amides is 2. The Hall–Kier alpha value is -2.90. The topological polar surface area (TPSA) is 54.3 Å². The highest BCUT2D eigenvalue weighted by molar-refractivity contribution is 8.26. The molecular formula is C21H17N3O2S2. The molecule has 1 N–H and O–H groups in total. The Balaban J connectivity index is 1.53. The van der Waals surface area contributed by atoms with Crippen molar-refractivity contribution in [3.8, 4) is 0 Å². The lowest BCUT2D eigenvalue weighted by molar-refractivity contribution is -0.132. The van der Waals surface area contributed by atoms with Crippen LogP contribution in [0.3, 0.4) is 0 Å². The highest BCUT2D eigenvalue weighted by Gasteiger charge is 2.33. The van der Waals surface area contributed by atoms with Gasteiger partial charge in [0.15, 0.2) is 4.32 Å². The van der Waals surface area contributed by atoms with E-state index in [9.17, 15) is 9.59 Å². The highest BCUT2D eigenvalue weighted by Crippen LogP contribution is 2.33. The second-order valence-corrected chi connectivity index (χ2v) is 8.10. The summed E-state index contributed by atoms with van der Waals surface area (Å²) in [5.41, 5.74) is 5.52. The average Bonchev–Trinajstić information content (AvgIpc) is 3.14. The summed E-state index contributed by atoms with van der Waals surface area (Å²) in [6.07, 6.45) is 3.98. The lowest BCUT2D eigenvalue weighted by Gasteiger charge is -2.15. The summed E-state index contributed by atoms with van der Waals surface area (Å²) >= 11 is 6.49. The van der Waals surface area contributed by atoms with Gasteiger partial charge in [0.2, 0.25) is 5.91 Å². The number of hydrogen-bond donors (Lipinski definition) is 1. The van der Waals surface area contributed by atoms with E-state index < -0.39 is 0 Å². The van der Waals surface area contributed by atoms with Gasteiger partial charge in [-0.1, -0.05) is 60.3 Å². The van der Waals surface area contributed by atoms with Gasteiger partial charge >= 0.3 is 0 Å². The zero-order valence-corrected chi connectivity index (χ0v) is 16.7. The number of aryl methyl sites for hydroxylation is 1. The molecule has 0 spiro atoms. The summed E-state index contributed by atoms with van der Waals surface area (Å²) in [4.78, 5) is 25.6. The molecule has 2 heterocycles. The molecule has 140 valence electrons. The summed E-state index contributed by atoms with van der Waals surface area (Å²) in [5, 5.41) is 2.21. The summed E-state index contributed by atoms with van der Waals surface area (Å²) < 4.78 is 2.33. The van der Waals surface area contributed by atoms with Crippen molar-refractivity contribution in [2.24, 2.45) is 7.05 Å². The molecule has 4 rings (SSSR count). The lowest BCUT2D eigenvalue weighted by atomic mass is 10.1. The van der Waals surface area contributed by atoms with E-state index in [1.165, 1.54) is 11.8 Å². The van der Waals surface area contributed by atoms with Crippen LogP contribution < -0.4 is 5.43 Å². The number of nitrogens with zero attached hydrogens (tertiary/aromatic N) is 2. The van der Waals surface area contributed by atoms with Gasteiger partial charge in [0.25, 0.3) is 5.91 Å². The number of fused-ring (bicyclic) bond motifs is 1. The van der Waals surface area contributed by atoms with Crippen molar-refractivity contribution >= 4 is 57.1 Å². The number of rotatable bonds is 4. The molecule has 1 aliphatic rings. The van der Waals surface area contributed by atoms with E-state index in [1.807, 2.05) is 78.5 Å². The molecule has 7 heteroatoms. The van der Waals surface area contributed by atoms with Gasteiger partial charge in [0, 0.05) is 29.7 Å². The molecule has 0 unspecified atom stereocenters. The molecular weight excluding hydrogens is 390 g/mol. The number of carbonyl (C=O) groups is 2. The van der Waals surface area contributed by atoms with Crippen LogP contribution in [0, 0.1) is 0 Å². The minimum atomic E-state index is -0.315. The number of para-hydroxylation sites is 1. The monoisotopic (exact) mass is 407 g/mol. The Morgan fingerprint density at radius 3 is 2.64 bits per heavy atom. The number of benzene rings is 2. The first kappa shape index (κ1) is 18.5. The molecule has 2 amide bonds. The van der Waals surface area contributed by atoms with Crippen molar-refractivity contribution in [3.63, 3.8) is 0 Å². The Labute approximate surface area is 172 Å². The predicted octanol–water partition coefficient (Wildman–Crippen LogP) is 3.65. The van der Waals surface area contributed by atoms with Crippen LogP contribution in [0.5, 0.6) is 0 Å². The van der Waals surface area contributed by atoms with Crippen LogP contribution in [-0.2, 0) is 23.1 Å². The molecule has 1 aliphatic heterocycles. The molecule has 0 radical (unpaired) electrons. The molecule has 3 aromatic rings. The molecule has 2 aromatic carbocycles. The van der Waals surface area contributed by atoms with Gasteiger partial charge in [-0.05, 0) is 29.9 Å². The fourth-order valence-corrected chi connectivity index (χ4v) is 4.31. The number of thiocarbonyl (C=S) groups is 1. The molecule has 0 saturated carbocycles. The van der Waals surface area contributed by atoms with Gasteiger partial charge < -0.3 is 4.57 Å². The Morgan fingerprint density at radius 2 is 1.86 bits per heavy atom. The van der Waals surface area contributed by atoms with Gasteiger partial charge in [0.1, 0.15) is 0 Å². The van der Waals surface area contributed by atoms with Crippen LogP contribution in [0.25, 0.3) is 17.0 Å². The van der Waals surface area contributed by atoms with E-state index >= 15 is 0 Å². The van der Waals surface area contributed by atoms with E-state index in [0.717, 1.165) is 27.0 Å². The largest absolute Gasteiger partial charge is 0.350 e. The quantitative estimate of drug-likeness (QED) is 0.530. The Kier molecular flexibility index (Phi) is 5.02. The SMILES string of the molecule is Cn1cc(C=C2SC(=S)N(NC(=O)Cc3ccccc3)C2=O)c2ccccc21. The van der Waals surface area contributed by atoms with E-state index in [0.29, 0.717) is 9.23 Å². The number of hydrogen-bond acceptors (Lipinski definition) is 4. The van der Waals surface area contributed by atoms with Crippen LogP contribution in [0.15, 0.2) is 65.7 Å². The molecule has 5 nitrogen and oxygen atoms in total.